The Hall–Kier alpha value is 0.580. The zero-order chi connectivity index (χ0) is 12.2. The molecule has 104 valence electrons. The topological polar surface area (TPSA) is 21.7 Å². The van der Waals surface area contributed by atoms with Crippen molar-refractivity contribution < 1.29 is 9.47 Å². The van der Waals surface area contributed by atoms with Crippen molar-refractivity contribution in [3.05, 3.63) is 0 Å². The van der Waals surface area contributed by atoms with E-state index in [2.05, 4.69) is 28.4 Å². The average Bonchev–Trinajstić information content (AvgIpc) is 2.49. The lowest BCUT2D eigenvalue weighted by atomic mass is 9.93. The van der Waals surface area contributed by atoms with Gasteiger partial charge in [-0.3, -0.25) is 4.90 Å². The molecule has 0 aromatic carbocycles. The number of thioether (sulfide) groups is 2. The van der Waals surface area contributed by atoms with Gasteiger partial charge in [0.15, 0.2) is 0 Å². The molecule has 2 unspecified atom stereocenters. The number of hydrogen-bond acceptors (Lipinski definition) is 5. The van der Waals surface area contributed by atoms with E-state index in [1.807, 2.05) is 0 Å². The molecule has 0 amide bonds. The Bertz CT molecular complexity index is 221. The summed E-state index contributed by atoms with van der Waals surface area (Å²) >= 11 is 4.36. The summed E-state index contributed by atoms with van der Waals surface area (Å²) in [6.45, 7) is 4.68. The van der Waals surface area contributed by atoms with Crippen LogP contribution in [0.3, 0.4) is 0 Å². The molecule has 0 N–H and O–H groups in total. The average molecular weight is 289 g/mol. The van der Waals surface area contributed by atoms with Crippen LogP contribution in [0.15, 0.2) is 0 Å². The van der Waals surface area contributed by atoms with Crippen LogP contribution in [0.25, 0.3) is 0 Å². The summed E-state index contributed by atoms with van der Waals surface area (Å²) in [5.41, 5.74) is 0. The van der Waals surface area contributed by atoms with Gasteiger partial charge in [0.05, 0.1) is 19.8 Å². The van der Waals surface area contributed by atoms with Crippen LogP contribution in [0.2, 0.25) is 0 Å². The fourth-order valence-electron chi connectivity index (χ4n) is 3.04. The Morgan fingerprint density at radius 1 is 1.06 bits per heavy atom. The van der Waals surface area contributed by atoms with Crippen LogP contribution in [0.1, 0.15) is 12.8 Å². The molecule has 3 rings (SSSR count). The summed E-state index contributed by atoms with van der Waals surface area (Å²) in [6.07, 6.45) is 2.92. The van der Waals surface area contributed by atoms with E-state index in [9.17, 15) is 0 Å². The van der Waals surface area contributed by atoms with Gasteiger partial charge >= 0.3 is 0 Å². The first-order valence-corrected chi connectivity index (χ1v) is 9.26. The molecule has 5 heteroatoms. The Kier molecular flexibility index (Phi) is 5.15. The fraction of sp³-hybridized carbons (Fsp3) is 1.00. The molecular formula is C13H23NO2S2. The number of piperidine rings is 1. The van der Waals surface area contributed by atoms with E-state index in [4.69, 9.17) is 9.47 Å². The van der Waals surface area contributed by atoms with Crippen LogP contribution < -0.4 is 0 Å². The Labute approximate surface area is 118 Å². The normalized spacial score (nSPS) is 36.7. The van der Waals surface area contributed by atoms with Crippen molar-refractivity contribution in [2.45, 2.75) is 24.3 Å². The van der Waals surface area contributed by atoms with Gasteiger partial charge in [-0.15, -0.1) is 0 Å². The monoisotopic (exact) mass is 289 g/mol. The zero-order valence-corrected chi connectivity index (χ0v) is 12.5. The highest BCUT2D eigenvalue weighted by molar-refractivity contribution is 8.06. The van der Waals surface area contributed by atoms with E-state index in [0.717, 1.165) is 31.0 Å². The van der Waals surface area contributed by atoms with Crippen molar-refractivity contribution in [3.8, 4) is 0 Å². The maximum atomic E-state index is 5.79. The van der Waals surface area contributed by atoms with Gasteiger partial charge in [0, 0.05) is 35.6 Å². The third-order valence-corrected chi connectivity index (χ3v) is 7.12. The molecule has 0 aliphatic carbocycles. The highest BCUT2D eigenvalue weighted by Gasteiger charge is 2.31. The molecule has 0 aromatic rings. The van der Waals surface area contributed by atoms with Crippen LogP contribution >= 0.6 is 23.5 Å². The first-order valence-electron chi connectivity index (χ1n) is 7.06. The summed E-state index contributed by atoms with van der Waals surface area (Å²) in [4.78, 5) is 2.48. The SMILES string of the molecule is C1COC(N2CCC(C3CSCCS3)CC2)CO1. The molecule has 2 atom stereocenters. The standard InChI is InChI=1S/C13H23NO2S2/c1-3-14(13-9-15-5-6-16-13)4-2-11(1)12-10-17-7-8-18-12/h11-13H,1-10H2. The highest BCUT2D eigenvalue weighted by atomic mass is 32.2. The number of rotatable bonds is 2. The van der Waals surface area contributed by atoms with Gasteiger partial charge < -0.3 is 9.47 Å². The quantitative estimate of drug-likeness (QED) is 0.772. The van der Waals surface area contributed by atoms with Gasteiger partial charge in [0.25, 0.3) is 0 Å². The fourth-order valence-corrected chi connectivity index (χ4v) is 6.09. The number of likely N-dealkylation sites (tertiary alicyclic amines) is 1. The van der Waals surface area contributed by atoms with Gasteiger partial charge in [-0.25, -0.2) is 0 Å². The largest absolute Gasteiger partial charge is 0.375 e. The Balaban J connectivity index is 1.45. The predicted octanol–water partition coefficient (Wildman–Crippen LogP) is 1.92. The van der Waals surface area contributed by atoms with Gasteiger partial charge in [0.1, 0.15) is 6.23 Å². The molecule has 3 aliphatic rings. The first kappa shape index (κ1) is 13.6. The summed E-state index contributed by atoms with van der Waals surface area (Å²) in [5, 5.41) is 0.912. The molecule has 0 radical (unpaired) electrons. The van der Waals surface area contributed by atoms with Crippen LogP contribution in [-0.2, 0) is 9.47 Å². The van der Waals surface area contributed by atoms with Gasteiger partial charge in [-0.05, 0) is 18.8 Å². The van der Waals surface area contributed by atoms with Crippen LogP contribution in [-0.4, -0.2) is 66.5 Å². The van der Waals surface area contributed by atoms with Crippen LogP contribution in [0, 0.1) is 5.92 Å². The maximum absolute atomic E-state index is 5.79. The highest BCUT2D eigenvalue weighted by Crippen LogP contribution is 2.35. The molecule has 3 aliphatic heterocycles. The third kappa shape index (κ3) is 3.37. The lowest BCUT2D eigenvalue weighted by Crippen LogP contribution is -2.49. The van der Waals surface area contributed by atoms with E-state index in [1.54, 1.807) is 0 Å². The second-order valence-corrected chi connectivity index (χ2v) is 7.75. The molecule has 0 spiro atoms. The van der Waals surface area contributed by atoms with Crippen LogP contribution in [0.4, 0.5) is 0 Å². The van der Waals surface area contributed by atoms with Crippen LogP contribution in [0.5, 0.6) is 0 Å². The van der Waals surface area contributed by atoms with Crippen molar-refractivity contribution in [3.63, 3.8) is 0 Å². The Morgan fingerprint density at radius 2 is 1.94 bits per heavy atom. The molecule has 3 heterocycles. The summed E-state index contributed by atoms with van der Waals surface area (Å²) in [7, 11) is 0. The lowest BCUT2D eigenvalue weighted by Gasteiger charge is -2.41. The molecule has 3 saturated heterocycles. The molecule has 3 fully saturated rings. The summed E-state index contributed by atoms with van der Waals surface area (Å²) in [5.74, 6) is 5.02. The van der Waals surface area contributed by atoms with E-state index in [-0.39, 0.29) is 6.23 Å². The van der Waals surface area contributed by atoms with Crippen molar-refractivity contribution in [2.75, 3.05) is 50.2 Å². The molecule has 0 saturated carbocycles. The van der Waals surface area contributed by atoms with Gasteiger partial charge in [-0.1, -0.05) is 0 Å². The smallest absolute Gasteiger partial charge is 0.134 e. The third-order valence-electron chi connectivity index (χ3n) is 4.15. The lowest BCUT2D eigenvalue weighted by molar-refractivity contribution is -0.159. The van der Waals surface area contributed by atoms with E-state index in [1.165, 1.54) is 43.2 Å². The zero-order valence-electron chi connectivity index (χ0n) is 10.9. The second kappa shape index (κ2) is 6.84. The molecule has 0 aromatic heterocycles. The number of hydrogen-bond donors (Lipinski definition) is 0. The first-order chi connectivity index (χ1) is 8.93. The Morgan fingerprint density at radius 3 is 2.61 bits per heavy atom. The van der Waals surface area contributed by atoms with Gasteiger partial charge in [0.2, 0.25) is 0 Å². The molecular weight excluding hydrogens is 266 g/mol. The van der Waals surface area contributed by atoms with Crippen molar-refractivity contribution in [2.24, 2.45) is 5.92 Å². The number of ether oxygens (including phenoxy) is 2. The van der Waals surface area contributed by atoms with Crippen molar-refractivity contribution >= 4 is 23.5 Å². The minimum Gasteiger partial charge on any atom is -0.375 e. The van der Waals surface area contributed by atoms with Crippen molar-refractivity contribution in [1.82, 2.24) is 4.90 Å². The van der Waals surface area contributed by atoms with Crippen molar-refractivity contribution in [1.29, 1.82) is 0 Å². The molecule has 0 bridgehead atoms. The maximum Gasteiger partial charge on any atom is 0.134 e. The minimum absolute atomic E-state index is 0.230. The van der Waals surface area contributed by atoms with E-state index < -0.39 is 0 Å². The number of nitrogens with zero attached hydrogens (tertiary/aromatic N) is 1. The molecule has 3 nitrogen and oxygen atoms in total. The summed E-state index contributed by atoms with van der Waals surface area (Å²) in [6, 6.07) is 0. The van der Waals surface area contributed by atoms with E-state index >= 15 is 0 Å². The molecule has 18 heavy (non-hydrogen) atoms. The van der Waals surface area contributed by atoms with Gasteiger partial charge in [-0.2, -0.15) is 23.5 Å². The minimum atomic E-state index is 0.230. The summed E-state index contributed by atoms with van der Waals surface area (Å²) < 4.78 is 11.3. The van der Waals surface area contributed by atoms with E-state index in [0.29, 0.717) is 0 Å². The predicted molar refractivity (Wildman–Crippen MR) is 78.4 cm³/mol. The second-order valence-electron chi connectivity index (χ2n) is 5.26.